The minimum atomic E-state index is -0.266. The maximum atomic E-state index is 11.8. The largest absolute Gasteiger partial charge is 0.394 e. The third-order valence-electron chi connectivity index (χ3n) is 2.52. The normalized spacial score (nSPS) is 12.1. The fraction of sp³-hybridized carbons (Fsp3) is 0.231. The van der Waals surface area contributed by atoms with Crippen LogP contribution in [-0.4, -0.2) is 33.4 Å². The monoisotopic (exact) mass is 245 g/mol. The summed E-state index contributed by atoms with van der Waals surface area (Å²) in [7, 11) is 0. The molecule has 0 aliphatic carbocycles. The van der Waals surface area contributed by atoms with E-state index in [1.54, 1.807) is 17.8 Å². The molecular weight excluding hydrogens is 230 g/mol. The summed E-state index contributed by atoms with van der Waals surface area (Å²) < 4.78 is 1.64. The SMILES string of the molecule is C[C@H](CO)NC(=O)c1cnn(-c2ccccc2)c1. The number of aliphatic hydroxyl groups excluding tert-OH is 1. The van der Waals surface area contributed by atoms with E-state index in [-0.39, 0.29) is 18.6 Å². The lowest BCUT2D eigenvalue weighted by atomic mass is 10.3. The molecule has 18 heavy (non-hydrogen) atoms. The van der Waals surface area contributed by atoms with Gasteiger partial charge in [-0.3, -0.25) is 4.79 Å². The molecule has 1 heterocycles. The lowest BCUT2D eigenvalue weighted by molar-refractivity contribution is 0.0922. The van der Waals surface area contributed by atoms with E-state index in [4.69, 9.17) is 5.11 Å². The molecule has 5 heteroatoms. The van der Waals surface area contributed by atoms with Crippen LogP contribution >= 0.6 is 0 Å². The first-order valence-corrected chi connectivity index (χ1v) is 5.72. The first-order chi connectivity index (χ1) is 8.70. The van der Waals surface area contributed by atoms with Gasteiger partial charge in [0.2, 0.25) is 0 Å². The van der Waals surface area contributed by atoms with Crippen molar-refractivity contribution in [3.8, 4) is 5.69 Å². The Morgan fingerprint density at radius 1 is 1.44 bits per heavy atom. The topological polar surface area (TPSA) is 67.2 Å². The molecule has 1 aromatic heterocycles. The number of aliphatic hydroxyl groups is 1. The number of hydrogen-bond acceptors (Lipinski definition) is 3. The van der Waals surface area contributed by atoms with E-state index >= 15 is 0 Å². The number of nitrogens with one attached hydrogen (secondary N) is 1. The van der Waals surface area contributed by atoms with E-state index in [0.29, 0.717) is 5.56 Å². The number of para-hydroxylation sites is 1. The van der Waals surface area contributed by atoms with Gasteiger partial charge in [-0.05, 0) is 19.1 Å². The number of carbonyl (C=O) groups is 1. The highest BCUT2D eigenvalue weighted by Crippen LogP contribution is 2.07. The van der Waals surface area contributed by atoms with Gasteiger partial charge in [-0.1, -0.05) is 18.2 Å². The summed E-state index contributed by atoms with van der Waals surface area (Å²) >= 11 is 0. The van der Waals surface area contributed by atoms with E-state index in [9.17, 15) is 4.79 Å². The van der Waals surface area contributed by atoms with Gasteiger partial charge >= 0.3 is 0 Å². The van der Waals surface area contributed by atoms with Crippen LogP contribution in [0.5, 0.6) is 0 Å². The third kappa shape index (κ3) is 2.75. The Morgan fingerprint density at radius 2 is 2.17 bits per heavy atom. The van der Waals surface area contributed by atoms with Crippen molar-refractivity contribution in [1.29, 1.82) is 0 Å². The van der Waals surface area contributed by atoms with Crippen molar-refractivity contribution in [1.82, 2.24) is 15.1 Å². The van der Waals surface area contributed by atoms with E-state index < -0.39 is 0 Å². The summed E-state index contributed by atoms with van der Waals surface area (Å²) in [5.41, 5.74) is 1.37. The summed E-state index contributed by atoms with van der Waals surface area (Å²) in [6.07, 6.45) is 3.17. The number of nitrogens with zero attached hydrogens (tertiary/aromatic N) is 2. The van der Waals surface area contributed by atoms with Gasteiger partial charge in [0.1, 0.15) is 0 Å². The van der Waals surface area contributed by atoms with Crippen molar-refractivity contribution in [3.05, 3.63) is 48.3 Å². The second-order valence-corrected chi connectivity index (χ2v) is 4.07. The van der Waals surface area contributed by atoms with Gasteiger partial charge in [-0.15, -0.1) is 0 Å². The molecular formula is C13H15N3O2. The summed E-state index contributed by atoms with van der Waals surface area (Å²) in [6.45, 7) is 1.65. The quantitative estimate of drug-likeness (QED) is 0.844. The van der Waals surface area contributed by atoms with Crippen LogP contribution in [0.2, 0.25) is 0 Å². The molecule has 0 bridgehead atoms. The molecule has 0 aliphatic rings. The predicted octanol–water partition coefficient (Wildman–Crippen LogP) is 0.983. The van der Waals surface area contributed by atoms with Crippen LogP contribution in [0.25, 0.3) is 5.69 Å². The molecule has 0 saturated heterocycles. The molecule has 2 rings (SSSR count). The third-order valence-corrected chi connectivity index (χ3v) is 2.52. The smallest absolute Gasteiger partial charge is 0.254 e. The molecule has 2 N–H and O–H groups in total. The van der Waals surface area contributed by atoms with Crippen LogP contribution in [0.1, 0.15) is 17.3 Å². The lowest BCUT2D eigenvalue weighted by Crippen LogP contribution is -2.34. The number of hydrogen-bond donors (Lipinski definition) is 2. The Morgan fingerprint density at radius 3 is 2.83 bits per heavy atom. The zero-order valence-corrected chi connectivity index (χ0v) is 10.1. The maximum absolute atomic E-state index is 11.8. The van der Waals surface area contributed by atoms with Crippen LogP contribution in [0.3, 0.4) is 0 Å². The molecule has 2 aromatic rings. The van der Waals surface area contributed by atoms with Gasteiger partial charge < -0.3 is 10.4 Å². The summed E-state index contributed by atoms with van der Waals surface area (Å²) in [4.78, 5) is 11.8. The van der Waals surface area contributed by atoms with E-state index in [1.165, 1.54) is 6.20 Å². The Balaban J connectivity index is 2.13. The average molecular weight is 245 g/mol. The van der Waals surface area contributed by atoms with E-state index in [2.05, 4.69) is 10.4 Å². The highest BCUT2D eigenvalue weighted by Gasteiger charge is 2.11. The van der Waals surface area contributed by atoms with Gasteiger partial charge in [0, 0.05) is 12.2 Å². The Hall–Kier alpha value is -2.14. The molecule has 0 fully saturated rings. The van der Waals surface area contributed by atoms with Crippen LogP contribution in [0.4, 0.5) is 0 Å². The number of aromatic nitrogens is 2. The minimum absolute atomic E-state index is 0.0848. The van der Waals surface area contributed by atoms with E-state index in [1.807, 2.05) is 30.3 Å². The molecule has 0 saturated carbocycles. The van der Waals surface area contributed by atoms with Crippen LogP contribution < -0.4 is 5.32 Å². The van der Waals surface area contributed by atoms with Gasteiger partial charge in [0.05, 0.1) is 24.1 Å². The minimum Gasteiger partial charge on any atom is -0.394 e. The van der Waals surface area contributed by atoms with Crippen molar-refractivity contribution in [3.63, 3.8) is 0 Å². The highest BCUT2D eigenvalue weighted by atomic mass is 16.3. The second kappa shape index (κ2) is 5.46. The van der Waals surface area contributed by atoms with Crippen molar-refractivity contribution in [2.24, 2.45) is 0 Å². The number of rotatable bonds is 4. The molecule has 1 amide bonds. The van der Waals surface area contributed by atoms with Crippen LogP contribution in [0.15, 0.2) is 42.7 Å². The number of amides is 1. The molecule has 0 radical (unpaired) electrons. The number of benzene rings is 1. The molecule has 0 aliphatic heterocycles. The first-order valence-electron chi connectivity index (χ1n) is 5.72. The first kappa shape index (κ1) is 12.3. The van der Waals surface area contributed by atoms with Crippen molar-refractivity contribution in [2.75, 3.05) is 6.61 Å². The second-order valence-electron chi connectivity index (χ2n) is 4.07. The van der Waals surface area contributed by atoms with Crippen molar-refractivity contribution < 1.29 is 9.90 Å². The zero-order chi connectivity index (χ0) is 13.0. The highest BCUT2D eigenvalue weighted by molar-refractivity contribution is 5.93. The molecule has 0 unspecified atom stereocenters. The summed E-state index contributed by atoms with van der Waals surface area (Å²) in [5.74, 6) is -0.237. The summed E-state index contributed by atoms with van der Waals surface area (Å²) in [5, 5.41) is 15.7. The average Bonchev–Trinajstić information content (AvgIpc) is 2.89. The molecule has 0 spiro atoms. The van der Waals surface area contributed by atoms with E-state index in [0.717, 1.165) is 5.69 Å². The summed E-state index contributed by atoms with van der Waals surface area (Å²) in [6, 6.07) is 9.28. The Kier molecular flexibility index (Phi) is 3.74. The Bertz CT molecular complexity index is 522. The van der Waals surface area contributed by atoms with Gasteiger partial charge in [0.25, 0.3) is 5.91 Å². The fourth-order valence-electron chi connectivity index (χ4n) is 1.51. The fourth-order valence-corrected chi connectivity index (χ4v) is 1.51. The van der Waals surface area contributed by atoms with Crippen molar-refractivity contribution >= 4 is 5.91 Å². The van der Waals surface area contributed by atoms with Crippen LogP contribution in [0, 0.1) is 0 Å². The van der Waals surface area contributed by atoms with Crippen LogP contribution in [-0.2, 0) is 0 Å². The molecule has 1 aromatic carbocycles. The molecule has 5 nitrogen and oxygen atoms in total. The number of carbonyl (C=O) groups excluding carboxylic acids is 1. The lowest BCUT2D eigenvalue weighted by Gasteiger charge is -2.08. The predicted molar refractivity (Wildman–Crippen MR) is 67.6 cm³/mol. The standard InChI is InChI=1S/C13H15N3O2/c1-10(9-17)15-13(18)11-7-14-16(8-11)12-5-3-2-4-6-12/h2-8,10,17H,9H2,1H3,(H,15,18)/t10-/m1/s1. The van der Waals surface area contributed by atoms with Gasteiger partial charge in [-0.25, -0.2) is 4.68 Å². The zero-order valence-electron chi connectivity index (χ0n) is 10.1. The van der Waals surface area contributed by atoms with Gasteiger partial charge in [-0.2, -0.15) is 5.10 Å². The molecule has 94 valence electrons. The van der Waals surface area contributed by atoms with Gasteiger partial charge in [0.15, 0.2) is 0 Å². The Labute approximate surface area is 105 Å². The molecule has 1 atom stereocenters. The van der Waals surface area contributed by atoms with Crippen molar-refractivity contribution in [2.45, 2.75) is 13.0 Å². The maximum Gasteiger partial charge on any atom is 0.254 e.